The molecule has 4 N–H and O–H groups in total. The first kappa shape index (κ1) is 11.9. The molecule has 0 unspecified atom stereocenters. The average molecular weight is 248 g/mol. The van der Waals surface area contributed by atoms with Crippen LogP contribution in [0.1, 0.15) is 0 Å². The van der Waals surface area contributed by atoms with Crippen LogP contribution in [0.25, 0.3) is 0 Å². The van der Waals surface area contributed by atoms with E-state index in [0.29, 0.717) is 21.4 Å². The van der Waals surface area contributed by atoms with Gasteiger partial charge in [-0.1, -0.05) is 23.2 Å². The van der Waals surface area contributed by atoms with Crippen LogP contribution in [0.3, 0.4) is 0 Å². The van der Waals surface area contributed by atoms with Gasteiger partial charge in [0.05, 0.1) is 22.3 Å². The predicted molar refractivity (Wildman–Crippen MR) is 63.4 cm³/mol. The van der Waals surface area contributed by atoms with Gasteiger partial charge in [-0.25, -0.2) is 0 Å². The molecule has 0 spiro atoms. The summed E-state index contributed by atoms with van der Waals surface area (Å²) in [4.78, 5) is 11.0. The SMILES string of the molecule is CNC(=O)CNc1c(Cl)cc(N)cc1Cl. The molecule has 4 nitrogen and oxygen atoms in total. The van der Waals surface area contributed by atoms with Gasteiger partial charge >= 0.3 is 0 Å². The zero-order valence-corrected chi connectivity index (χ0v) is 9.62. The number of likely N-dealkylation sites (N-methyl/N-ethyl adjacent to an activating group) is 1. The van der Waals surface area contributed by atoms with Crippen LogP contribution in [-0.4, -0.2) is 19.5 Å². The molecule has 0 aliphatic heterocycles. The second kappa shape index (κ2) is 5.09. The summed E-state index contributed by atoms with van der Waals surface area (Å²) in [7, 11) is 1.55. The lowest BCUT2D eigenvalue weighted by atomic mass is 10.3. The fraction of sp³-hybridized carbons (Fsp3) is 0.222. The van der Waals surface area contributed by atoms with E-state index < -0.39 is 0 Å². The van der Waals surface area contributed by atoms with Gasteiger partial charge in [0.1, 0.15) is 0 Å². The highest BCUT2D eigenvalue weighted by Gasteiger charge is 2.07. The van der Waals surface area contributed by atoms with Crippen LogP contribution < -0.4 is 16.4 Å². The first-order chi connectivity index (χ1) is 7.04. The molecule has 0 radical (unpaired) electrons. The summed E-state index contributed by atoms with van der Waals surface area (Å²) in [6.45, 7) is 0.111. The molecule has 0 heterocycles. The van der Waals surface area contributed by atoms with Crippen LogP contribution in [0.2, 0.25) is 10.0 Å². The molecule has 0 saturated carbocycles. The van der Waals surface area contributed by atoms with Crippen LogP contribution >= 0.6 is 23.2 Å². The van der Waals surface area contributed by atoms with Crippen molar-refractivity contribution < 1.29 is 4.79 Å². The smallest absolute Gasteiger partial charge is 0.239 e. The van der Waals surface area contributed by atoms with Crippen molar-refractivity contribution in [2.75, 3.05) is 24.6 Å². The highest BCUT2D eigenvalue weighted by Crippen LogP contribution is 2.32. The third-order valence-corrected chi connectivity index (χ3v) is 2.37. The number of carbonyl (C=O) groups excluding carboxylic acids is 1. The Labute approximate surface area is 97.7 Å². The summed E-state index contributed by atoms with van der Waals surface area (Å²) in [6, 6.07) is 3.14. The second-order valence-electron chi connectivity index (χ2n) is 2.89. The van der Waals surface area contributed by atoms with Crippen molar-refractivity contribution in [2.24, 2.45) is 0 Å². The topological polar surface area (TPSA) is 67.2 Å². The Bertz CT molecular complexity index is 359. The van der Waals surface area contributed by atoms with Crippen molar-refractivity contribution in [1.82, 2.24) is 5.32 Å². The highest BCUT2D eigenvalue weighted by atomic mass is 35.5. The summed E-state index contributed by atoms with van der Waals surface area (Å²) in [5.41, 5.74) is 6.53. The lowest BCUT2D eigenvalue weighted by Crippen LogP contribution is -2.26. The summed E-state index contributed by atoms with van der Waals surface area (Å²) in [5, 5.41) is 6.09. The van der Waals surface area contributed by atoms with Gasteiger partial charge in [-0.15, -0.1) is 0 Å². The molecule has 1 rings (SSSR count). The van der Waals surface area contributed by atoms with Gasteiger partial charge in [-0.3, -0.25) is 4.79 Å². The number of benzene rings is 1. The number of nitrogens with two attached hydrogens (primary N) is 1. The zero-order chi connectivity index (χ0) is 11.4. The Balaban J connectivity index is 2.81. The maximum absolute atomic E-state index is 11.0. The normalized spacial score (nSPS) is 9.80. The summed E-state index contributed by atoms with van der Waals surface area (Å²) in [6.07, 6.45) is 0. The quantitative estimate of drug-likeness (QED) is 0.713. The number of nitrogen functional groups attached to an aromatic ring is 1. The maximum atomic E-state index is 11.0. The molecule has 0 fully saturated rings. The number of nitrogens with one attached hydrogen (secondary N) is 2. The Morgan fingerprint density at radius 1 is 1.40 bits per heavy atom. The van der Waals surface area contributed by atoms with Crippen molar-refractivity contribution in [1.29, 1.82) is 0 Å². The van der Waals surface area contributed by atoms with E-state index in [2.05, 4.69) is 10.6 Å². The van der Waals surface area contributed by atoms with Gasteiger partial charge in [0, 0.05) is 12.7 Å². The number of anilines is 2. The van der Waals surface area contributed by atoms with Crippen molar-refractivity contribution in [3.8, 4) is 0 Å². The molecular weight excluding hydrogens is 237 g/mol. The molecule has 82 valence electrons. The van der Waals surface area contributed by atoms with E-state index in [1.165, 1.54) is 0 Å². The molecule has 15 heavy (non-hydrogen) atoms. The largest absolute Gasteiger partial charge is 0.399 e. The van der Waals surface area contributed by atoms with E-state index in [-0.39, 0.29) is 12.5 Å². The van der Waals surface area contributed by atoms with Gasteiger partial charge in [0.2, 0.25) is 5.91 Å². The average Bonchev–Trinajstić information content (AvgIpc) is 2.15. The molecule has 0 saturated heterocycles. The second-order valence-corrected chi connectivity index (χ2v) is 3.70. The number of hydrogen-bond acceptors (Lipinski definition) is 3. The van der Waals surface area contributed by atoms with Gasteiger partial charge in [-0.05, 0) is 12.1 Å². The van der Waals surface area contributed by atoms with Crippen molar-refractivity contribution >= 4 is 40.5 Å². The van der Waals surface area contributed by atoms with Crippen LogP contribution in [0.5, 0.6) is 0 Å². The van der Waals surface area contributed by atoms with Crippen LogP contribution in [0.15, 0.2) is 12.1 Å². The van der Waals surface area contributed by atoms with Gasteiger partial charge < -0.3 is 16.4 Å². The third kappa shape index (κ3) is 3.18. The first-order valence-corrected chi connectivity index (χ1v) is 4.99. The maximum Gasteiger partial charge on any atom is 0.239 e. The van der Waals surface area contributed by atoms with E-state index in [1.54, 1.807) is 19.2 Å². The molecule has 0 bridgehead atoms. The number of amides is 1. The van der Waals surface area contributed by atoms with E-state index in [1.807, 2.05) is 0 Å². The molecule has 1 aromatic rings. The lowest BCUT2D eigenvalue weighted by Gasteiger charge is -2.10. The number of carbonyl (C=O) groups is 1. The Morgan fingerprint density at radius 3 is 2.40 bits per heavy atom. The van der Waals surface area contributed by atoms with Crippen molar-refractivity contribution in [2.45, 2.75) is 0 Å². The number of halogens is 2. The minimum atomic E-state index is -0.154. The Morgan fingerprint density at radius 2 is 1.93 bits per heavy atom. The van der Waals surface area contributed by atoms with Gasteiger partial charge in [-0.2, -0.15) is 0 Å². The van der Waals surface area contributed by atoms with Crippen molar-refractivity contribution in [3.63, 3.8) is 0 Å². The van der Waals surface area contributed by atoms with Crippen LogP contribution in [-0.2, 0) is 4.79 Å². The molecule has 1 aromatic carbocycles. The van der Waals surface area contributed by atoms with Crippen LogP contribution in [0.4, 0.5) is 11.4 Å². The zero-order valence-electron chi connectivity index (χ0n) is 8.10. The van der Waals surface area contributed by atoms with E-state index in [4.69, 9.17) is 28.9 Å². The molecule has 6 heteroatoms. The highest BCUT2D eigenvalue weighted by molar-refractivity contribution is 6.39. The first-order valence-electron chi connectivity index (χ1n) is 4.23. The molecule has 0 aliphatic rings. The summed E-state index contributed by atoms with van der Waals surface area (Å²) < 4.78 is 0. The predicted octanol–water partition coefficient (Wildman–Crippen LogP) is 1.73. The lowest BCUT2D eigenvalue weighted by molar-refractivity contribution is -0.118. The Kier molecular flexibility index (Phi) is 4.05. The monoisotopic (exact) mass is 247 g/mol. The minimum absolute atomic E-state index is 0.111. The summed E-state index contributed by atoms with van der Waals surface area (Å²) >= 11 is 11.8. The Hall–Kier alpha value is -1.13. The molecule has 0 aromatic heterocycles. The summed E-state index contributed by atoms with van der Waals surface area (Å²) in [5.74, 6) is -0.154. The molecular formula is C9H11Cl2N3O. The third-order valence-electron chi connectivity index (χ3n) is 1.77. The molecule has 0 atom stereocenters. The van der Waals surface area contributed by atoms with E-state index in [0.717, 1.165) is 0 Å². The minimum Gasteiger partial charge on any atom is -0.399 e. The fourth-order valence-corrected chi connectivity index (χ4v) is 1.66. The van der Waals surface area contributed by atoms with E-state index in [9.17, 15) is 4.79 Å². The molecule has 1 amide bonds. The standard InChI is InChI=1S/C9H11Cl2N3O/c1-13-8(15)4-14-9-6(10)2-5(12)3-7(9)11/h2-3,14H,4,12H2,1H3,(H,13,15). The van der Waals surface area contributed by atoms with Crippen LogP contribution in [0, 0.1) is 0 Å². The molecule has 0 aliphatic carbocycles. The van der Waals surface area contributed by atoms with E-state index >= 15 is 0 Å². The van der Waals surface area contributed by atoms with Crippen molar-refractivity contribution in [3.05, 3.63) is 22.2 Å². The number of hydrogen-bond donors (Lipinski definition) is 3. The fourth-order valence-electron chi connectivity index (χ4n) is 1.02. The number of rotatable bonds is 3. The van der Waals surface area contributed by atoms with Gasteiger partial charge in [0.25, 0.3) is 0 Å². The van der Waals surface area contributed by atoms with Gasteiger partial charge in [0.15, 0.2) is 0 Å².